The number of rotatable bonds is 5. The predicted molar refractivity (Wildman–Crippen MR) is 152 cm³/mol. The highest BCUT2D eigenvalue weighted by Crippen LogP contribution is 2.60. The third-order valence-corrected chi connectivity index (χ3v) is 9.21. The van der Waals surface area contributed by atoms with E-state index in [1.165, 1.54) is 0 Å². The molecular weight excluding hydrogens is 568 g/mol. The van der Waals surface area contributed by atoms with Crippen molar-refractivity contribution in [2.24, 2.45) is 0 Å². The molecule has 0 aromatic heterocycles. The zero-order valence-corrected chi connectivity index (χ0v) is 23.2. The summed E-state index contributed by atoms with van der Waals surface area (Å²) in [7, 11) is -4.87. The topological polar surface area (TPSA) is 79.3 Å². The van der Waals surface area contributed by atoms with Gasteiger partial charge in [0.15, 0.2) is 23.0 Å². The molecule has 6 rings (SSSR count). The summed E-state index contributed by atoms with van der Waals surface area (Å²) in [5.41, 5.74) is 2.99. The van der Waals surface area contributed by atoms with E-state index >= 15 is 0 Å². The number of para-hydroxylation sites is 6. The number of hydrogen-bond acceptors (Lipinski definition) is 6. The molecule has 38 heavy (non-hydrogen) atoms. The summed E-state index contributed by atoms with van der Waals surface area (Å²) < 4.78 is 52.5. The van der Waals surface area contributed by atoms with Gasteiger partial charge in [-0.25, -0.2) is 0 Å². The van der Waals surface area contributed by atoms with Crippen molar-refractivity contribution in [3.05, 3.63) is 95.0 Å². The fourth-order valence-electron chi connectivity index (χ4n) is 5.47. The number of hydrogen-bond donors (Lipinski definition) is 1. The SMILES string of the molecule is CCc1cccc2c1N(C(CC)(N1c3ccccc3Oc3cccc(Br)c31)S(=O)(=O)O)c1ccccc1O2. The molecular formula is C29H25BrN2O5S. The maximum Gasteiger partial charge on any atom is 0.309 e. The van der Waals surface area contributed by atoms with Crippen LogP contribution in [0.5, 0.6) is 23.0 Å². The zero-order chi connectivity index (χ0) is 26.7. The van der Waals surface area contributed by atoms with Crippen LogP contribution in [0.1, 0.15) is 25.8 Å². The highest BCUT2D eigenvalue weighted by Gasteiger charge is 2.58. The number of ether oxygens (including phenoxy) is 2. The second-order valence-electron chi connectivity index (χ2n) is 9.09. The molecule has 194 valence electrons. The van der Waals surface area contributed by atoms with Crippen LogP contribution in [-0.4, -0.2) is 18.0 Å². The molecule has 1 N–H and O–H groups in total. The molecule has 0 aliphatic carbocycles. The molecule has 0 saturated carbocycles. The average molecular weight is 593 g/mol. The summed E-state index contributed by atoms with van der Waals surface area (Å²) in [5, 5.41) is 0. The first-order valence-electron chi connectivity index (χ1n) is 12.3. The lowest BCUT2D eigenvalue weighted by Crippen LogP contribution is -2.63. The van der Waals surface area contributed by atoms with Crippen molar-refractivity contribution in [1.82, 2.24) is 0 Å². The third kappa shape index (κ3) is 3.46. The highest BCUT2D eigenvalue weighted by atomic mass is 79.9. The van der Waals surface area contributed by atoms with Crippen LogP contribution >= 0.6 is 15.9 Å². The Morgan fingerprint density at radius 3 is 1.79 bits per heavy atom. The standard InChI is InChI=1S/C29H25BrN2O5S/c1-3-19-11-9-17-25-27(19)31(21-13-5-7-15-23(21)36-25)29(4-2,38(33,34)35)32-22-14-6-8-16-24(22)37-26-18-10-12-20(30)28(26)32/h5-18H,3-4H2,1-2H3,(H,33,34,35). The van der Waals surface area contributed by atoms with Gasteiger partial charge in [0.1, 0.15) is 5.69 Å². The number of anilines is 4. The fourth-order valence-corrected chi connectivity index (χ4v) is 7.20. The Hall–Kier alpha value is -3.53. The monoisotopic (exact) mass is 592 g/mol. The molecule has 2 heterocycles. The predicted octanol–water partition coefficient (Wildman–Crippen LogP) is 8.15. The molecule has 0 saturated heterocycles. The van der Waals surface area contributed by atoms with Gasteiger partial charge in [0.25, 0.3) is 4.99 Å². The summed E-state index contributed by atoms with van der Waals surface area (Å²) in [4.78, 5) is 1.38. The van der Waals surface area contributed by atoms with Gasteiger partial charge in [-0.1, -0.05) is 56.3 Å². The summed E-state index contributed by atoms with van der Waals surface area (Å²) >= 11 is 3.64. The largest absolute Gasteiger partial charge is 0.453 e. The molecule has 0 amide bonds. The Morgan fingerprint density at radius 2 is 1.24 bits per heavy atom. The molecule has 1 atom stereocenters. The van der Waals surface area contributed by atoms with Crippen molar-refractivity contribution in [2.75, 3.05) is 9.80 Å². The minimum atomic E-state index is -4.87. The van der Waals surface area contributed by atoms with Crippen LogP contribution in [0, 0.1) is 0 Å². The average Bonchev–Trinajstić information content (AvgIpc) is 2.91. The maximum absolute atomic E-state index is 14.0. The van der Waals surface area contributed by atoms with Gasteiger partial charge in [-0.15, -0.1) is 0 Å². The molecule has 4 aromatic carbocycles. The van der Waals surface area contributed by atoms with Gasteiger partial charge in [0, 0.05) is 10.9 Å². The molecule has 4 aromatic rings. The Balaban J connectivity index is 1.78. The van der Waals surface area contributed by atoms with Gasteiger partial charge >= 0.3 is 10.1 Å². The van der Waals surface area contributed by atoms with E-state index in [0.29, 0.717) is 56.6 Å². The van der Waals surface area contributed by atoms with Crippen LogP contribution in [0.15, 0.2) is 89.4 Å². The zero-order valence-electron chi connectivity index (χ0n) is 20.8. The summed E-state index contributed by atoms with van der Waals surface area (Å²) in [6.07, 6.45) is 0.614. The number of aryl methyl sites for hydroxylation is 1. The Labute approximate surface area is 230 Å². The summed E-state index contributed by atoms with van der Waals surface area (Å²) in [6, 6.07) is 25.6. The number of fused-ring (bicyclic) bond motifs is 4. The van der Waals surface area contributed by atoms with Crippen LogP contribution in [0.4, 0.5) is 22.7 Å². The van der Waals surface area contributed by atoms with Crippen LogP contribution in [0.3, 0.4) is 0 Å². The van der Waals surface area contributed by atoms with E-state index in [4.69, 9.17) is 9.47 Å². The highest BCUT2D eigenvalue weighted by molar-refractivity contribution is 9.10. The molecule has 1 unspecified atom stereocenters. The Kier molecular flexibility index (Phi) is 5.90. The minimum Gasteiger partial charge on any atom is -0.453 e. The second kappa shape index (κ2) is 9.04. The van der Waals surface area contributed by atoms with Crippen LogP contribution in [0.25, 0.3) is 0 Å². The van der Waals surface area contributed by atoms with E-state index in [0.717, 1.165) is 5.56 Å². The Bertz CT molecular complexity index is 1680. The normalized spacial score (nSPS) is 15.3. The molecule has 2 aliphatic rings. The van der Waals surface area contributed by atoms with Gasteiger partial charge in [-0.05, 0) is 70.4 Å². The van der Waals surface area contributed by atoms with E-state index in [1.54, 1.807) is 41.0 Å². The molecule has 0 spiro atoms. The van der Waals surface area contributed by atoms with Gasteiger partial charge in [-0.3, -0.25) is 14.4 Å². The van der Waals surface area contributed by atoms with Gasteiger partial charge in [-0.2, -0.15) is 8.42 Å². The smallest absolute Gasteiger partial charge is 0.309 e. The van der Waals surface area contributed by atoms with Gasteiger partial charge < -0.3 is 9.47 Å². The van der Waals surface area contributed by atoms with E-state index in [2.05, 4.69) is 15.9 Å². The molecule has 0 bridgehead atoms. The number of halogens is 1. The van der Waals surface area contributed by atoms with E-state index in [-0.39, 0.29) is 6.42 Å². The van der Waals surface area contributed by atoms with Crippen LogP contribution in [0.2, 0.25) is 0 Å². The first-order valence-corrected chi connectivity index (χ1v) is 14.6. The van der Waals surface area contributed by atoms with Crippen molar-refractivity contribution < 1.29 is 22.4 Å². The first kappa shape index (κ1) is 24.8. The van der Waals surface area contributed by atoms with Crippen molar-refractivity contribution in [3.63, 3.8) is 0 Å². The molecule has 0 fully saturated rings. The van der Waals surface area contributed by atoms with E-state index in [1.807, 2.05) is 67.6 Å². The number of nitrogens with zero attached hydrogens (tertiary/aromatic N) is 2. The lowest BCUT2D eigenvalue weighted by Gasteiger charge is -2.52. The second-order valence-corrected chi connectivity index (χ2v) is 11.5. The molecule has 7 nitrogen and oxygen atoms in total. The summed E-state index contributed by atoms with van der Waals surface area (Å²) in [5.74, 6) is 1.94. The van der Waals surface area contributed by atoms with E-state index < -0.39 is 15.1 Å². The van der Waals surface area contributed by atoms with Crippen molar-refractivity contribution >= 4 is 48.8 Å². The minimum absolute atomic E-state index is 0.00718. The third-order valence-electron chi connectivity index (χ3n) is 7.09. The molecule has 9 heteroatoms. The van der Waals surface area contributed by atoms with E-state index in [9.17, 15) is 13.0 Å². The molecule has 2 aliphatic heterocycles. The fraction of sp³-hybridized carbons (Fsp3) is 0.172. The quantitative estimate of drug-likeness (QED) is 0.234. The lowest BCUT2D eigenvalue weighted by molar-refractivity contribution is 0.393. The van der Waals surface area contributed by atoms with Gasteiger partial charge in [0.2, 0.25) is 0 Å². The van der Waals surface area contributed by atoms with Crippen molar-refractivity contribution in [3.8, 4) is 23.0 Å². The lowest BCUT2D eigenvalue weighted by atomic mass is 10.0. The maximum atomic E-state index is 14.0. The van der Waals surface area contributed by atoms with Crippen LogP contribution in [-0.2, 0) is 16.5 Å². The summed E-state index contributed by atoms with van der Waals surface area (Å²) in [6.45, 7) is 3.76. The number of benzene rings is 4. The Morgan fingerprint density at radius 1 is 0.737 bits per heavy atom. The van der Waals surface area contributed by atoms with Crippen LogP contribution < -0.4 is 19.3 Å². The molecule has 0 radical (unpaired) electrons. The van der Waals surface area contributed by atoms with Crippen molar-refractivity contribution in [1.29, 1.82) is 0 Å². The van der Waals surface area contributed by atoms with Gasteiger partial charge in [0.05, 0.1) is 17.1 Å². The first-order chi connectivity index (χ1) is 18.3. The van der Waals surface area contributed by atoms with Crippen molar-refractivity contribution in [2.45, 2.75) is 31.7 Å².